The highest BCUT2D eigenvalue weighted by molar-refractivity contribution is 7.89. The van der Waals surface area contributed by atoms with Crippen molar-refractivity contribution < 1.29 is 22.3 Å². The van der Waals surface area contributed by atoms with Crippen LogP contribution in [0, 0.1) is 12.7 Å². The monoisotopic (exact) mass is 435 g/mol. The van der Waals surface area contributed by atoms with Gasteiger partial charge >= 0.3 is 0 Å². The fourth-order valence-electron chi connectivity index (χ4n) is 3.27. The van der Waals surface area contributed by atoms with Crippen molar-refractivity contribution in [2.45, 2.75) is 6.92 Å². The van der Waals surface area contributed by atoms with Gasteiger partial charge in [0.05, 0.1) is 11.4 Å². The van der Waals surface area contributed by atoms with Gasteiger partial charge < -0.3 is 15.0 Å². The molecule has 0 saturated carbocycles. The van der Waals surface area contributed by atoms with E-state index in [2.05, 4.69) is 5.32 Å². The van der Waals surface area contributed by atoms with E-state index in [1.807, 2.05) is 30.0 Å². The van der Waals surface area contributed by atoms with Gasteiger partial charge in [-0.1, -0.05) is 24.3 Å². The van der Waals surface area contributed by atoms with Crippen LogP contribution in [-0.2, 0) is 14.8 Å². The summed E-state index contributed by atoms with van der Waals surface area (Å²) in [5.41, 5.74) is 1.50. The summed E-state index contributed by atoms with van der Waals surface area (Å²) in [5, 5.41) is 2.58. The maximum absolute atomic E-state index is 13.9. The van der Waals surface area contributed by atoms with Crippen LogP contribution in [0.1, 0.15) is 5.56 Å². The van der Waals surface area contributed by atoms with E-state index in [1.54, 1.807) is 24.3 Å². The number of nitrogens with one attached hydrogen (secondary N) is 1. The topological polar surface area (TPSA) is 78.9 Å². The van der Waals surface area contributed by atoms with E-state index in [9.17, 15) is 17.6 Å². The van der Waals surface area contributed by atoms with Gasteiger partial charge in [0.15, 0.2) is 6.61 Å². The number of aryl methyl sites for hydroxylation is 1. The lowest BCUT2D eigenvalue weighted by Gasteiger charge is -2.35. The average Bonchev–Trinajstić information content (AvgIpc) is 2.73. The number of hydrogen-bond donors (Lipinski definition) is 1. The lowest BCUT2D eigenvalue weighted by Crippen LogP contribution is -2.50. The van der Waals surface area contributed by atoms with Gasteiger partial charge in [0.1, 0.15) is 11.6 Å². The van der Waals surface area contributed by atoms with E-state index in [4.69, 9.17) is 4.74 Å². The summed E-state index contributed by atoms with van der Waals surface area (Å²) in [7, 11) is -3.51. The third-order valence-electron chi connectivity index (χ3n) is 4.87. The highest BCUT2D eigenvalue weighted by Gasteiger charge is 2.27. The lowest BCUT2D eigenvalue weighted by molar-refractivity contribution is -0.122. The molecule has 162 valence electrons. The second-order valence-corrected chi connectivity index (χ2v) is 9.20. The summed E-state index contributed by atoms with van der Waals surface area (Å²) < 4.78 is 45.8. The first-order valence-corrected chi connectivity index (χ1v) is 11.4. The predicted octanol–water partition coefficient (Wildman–Crippen LogP) is 1.78. The molecule has 3 rings (SSSR count). The molecule has 1 amide bonds. The number of hydrogen-bond acceptors (Lipinski definition) is 5. The fraction of sp³-hybridized carbons (Fsp3) is 0.381. The van der Waals surface area contributed by atoms with Crippen molar-refractivity contribution in [3.8, 4) is 5.75 Å². The maximum Gasteiger partial charge on any atom is 0.257 e. The van der Waals surface area contributed by atoms with Crippen LogP contribution < -0.4 is 15.0 Å². The minimum atomic E-state index is -3.51. The molecule has 30 heavy (non-hydrogen) atoms. The average molecular weight is 436 g/mol. The number of amides is 1. The molecule has 0 atom stereocenters. The molecular weight excluding hydrogens is 409 g/mol. The zero-order chi connectivity index (χ0) is 21.6. The smallest absolute Gasteiger partial charge is 0.257 e. The Morgan fingerprint density at radius 2 is 1.83 bits per heavy atom. The Kier molecular flexibility index (Phi) is 7.28. The summed E-state index contributed by atoms with van der Waals surface area (Å²) in [6.45, 7) is 3.14. The molecular formula is C21H26FN3O4S. The Morgan fingerprint density at radius 1 is 1.10 bits per heavy atom. The van der Waals surface area contributed by atoms with Crippen LogP contribution >= 0.6 is 0 Å². The molecule has 0 radical (unpaired) electrons. The zero-order valence-corrected chi connectivity index (χ0v) is 17.7. The number of rotatable bonds is 8. The minimum Gasteiger partial charge on any atom is -0.484 e. The number of carbonyl (C=O) groups excluding carboxylic acids is 1. The van der Waals surface area contributed by atoms with Gasteiger partial charge in [-0.2, -0.15) is 4.31 Å². The summed E-state index contributed by atoms with van der Waals surface area (Å²) >= 11 is 0. The van der Waals surface area contributed by atoms with Gasteiger partial charge in [-0.25, -0.2) is 12.8 Å². The summed E-state index contributed by atoms with van der Waals surface area (Å²) in [6, 6.07) is 13.8. The number of ether oxygens (including phenoxy) is 1. The normalized spacial score (nSPS) is 15.1. The Balaban J connectivity index is 1.41. The van der Waals surface area contributed by atoms with E-state index in [0.29, 0.717) is 24.5 Å². The Morgan fingerprint density at radius 3 is 2.53 bits per heavy atom. The van der Waals surface area contributed by atoms with Crippen molar-refractivity contribution in [2.24, 2.45) is 0 Å². The number of carbonyl (C=O) groups is 1. The Labute approximate surface area is 176 Å². The molecule has 0 bridgehead atoms. The highest BCUT2D eigenvalue weighted by atomic mass is 32.2. The summed E-state index contributed by atoms with van der Waals surface area (Å²) in [5.74, 6) is -0.297. The molecule has 1 aliphatic rings. The van der Waals surface area contributed by atoms with Crippen molar-refractivity contribution in [3.05, 3.63) is 59.9 Å². The molecule has 2 aromatic rings. The first-order valence-electron chi connectivity index (χ1n) is 9.78. The van der Waals surface area contributed by atoms with Crippen LogP contribution in [0.2, 0.25) is 0 Å². The molecule has 1 N–H and O–H groups in total. The van der Waals surface area contributed by atoms with Crippen LogP contribution in [0.5, 0.6) is 5.75 Å². The number of benzene rings is 2. The van der Waals surface area contributed by atoms with Crippen molar-refractivity contribution in [3.63, 3.8) is 0 Å². The van der Waals surface area contributed by atoms with E-state index in [0.717, 1.165) is 5.56 Å². The number of nitrogens with zero attached hydrogens (tertiary/aromatic N) is 2. The molecule has 1 heterocycles. The van der Waals surface area contributed by atoms with Crippen molar-refractivity contribution in [2.75, 3.05) is 50.0 Å². The van der Waals surface area contributed by atoms with Gasteiger partial charge in [0, 0.05) is 32.7 Å². The molecule has 1 saturated heterocycles. The molecule has 0 aromatic heterocycles. The van der Waals surface area contributed by atoms with Crippen LogP contribution in [0.4, 0.5) is 10.1 Å². The SMILES string of the molecule is Cc1cccc(OCC(=O)NCCS(=O)(=O)N2CCN(c3ccccc3F)CC2)c1. The van der Waals surface area contributed by atoms with Crippen LogP contribution in [0.3, 0.4) is 0 Å². The van der Waals surface area contributed by atoms with Crippen LogP contribution in [0.15, 0.2) is 48.5 Å². The van der Waals surface area contributed by atoms with E-state index >= 15 is 0 Å². The summed E-state index contributed by atoms with van der Waals surface area (Å²) in [6.07, 6.45) is 0. The molecule has 1 aliphatic heterocycles. The molecule has 9 heteroatoms. The largest absolute Gasteiger partial charge is 0.484 e. The third-order valence-corrected chi connectivity index (χ3v) is 6.74. The molecule has 7 nitrogen and oxygen atoms in total. The van der Waals surface area contributed by atoms with Gasteiger partial charge in [-0.05, 0) is 36.8 Å². The Bertz CT molecular complexity index is 976. The zero-order valence-electron chi connectivity index (χ0n) is 16.9. The summed E-state index contributed by atoms with van der Waals surface area (Å²) in [4.78, 5) is 13.7. The molecule has 2 aromatic carbocycles. The van der Waals surface area contributed by atoms with Crippen molar-refractivity contribution >= 4 is 21.6 Å². The first kappa shape index (κ1) is 22.0. The maximum atomic E-state index is 13.9. The van der Waals surface area contributed by atoms with Gasteiger partial charge in [-0.15, -0.1) is 0 Å². The lowest BCUT2D eigenvalue weighted by atomic mass is 10.2. The molecule has 0 aliphatic carbocycles. The number of piperazine rings is 1. The van der Waals surface area contributed by atoms with E-state index in [1.165, 1.54) is 10.4 Å². The predicted molar refractivity (Wildman–Crippen MR) is 114 cm³/mol. The molecule has 0 unspecified atom stereocenters. The number of para-hydroxylation sites is 1. The fourth-order valence-corrected chi connectivity index (χ4v) is 4.61. The molecule has 1 fully saturated rings. The highest BCUT2D eigenvalue weighted by Crippen LogP contribution is 2.21. The van der Waals surface area contributed by atoms with Crippen molar-refractivity contribution in [1.82, 2.24) is 9.62 Å². The molecule has 0 spiro atoms. The van der Waals surface area contributed by atoms with Gasteiger partial charge in [0.2, 0.25) is 10.0 Å². The van der Waals surface area contributed by atoms with Gasteiger partial charge in [-0.3, -0.25) is 4.79 Å². The first-order chi connectivity index (χ1) is 14.3. The number of halogens is 1. The van der Waals surface area contributed by atoms with E-state index in [-0.39, 0.29) is 43.7 Å². The van der Waals surface area contributed by atoms with E-state index < -0.39 is 10.0 Å². The number of sulfonamides is 1. The Hall–Kier alpha value is -2.65. The quantitative estimate of drug-likeness (QED) is 0.684. The van der Waals surface area contributed by atoms with Gasteiger partial charge in [0.25, 0.3) is 5.91 Å². The van der Waals surface area contributed by atoms with Crippen molar-refractivity contribution in [1.29, 1.82) is 0 Å². The van der Waals surface area contributed by atoms with Crippen LogP contribution in [0.25, 0.3) is 0 Å². The second-order valence-electron chi connectivity index (χ2n) is 7.11. The van der Waals surface area contributed by atoms with Crippen LogP contribution in [-0.4, -0.2) is 63.7 Å². The second kappa shape index (κ2) is 9.90. The minimum absolute atomic E-state index is 0.00583. The third kappa shape index (κ3) is 5.93. The number of anilines is 1. The standard InChI is InChI=1S/C21H26FN3O4S/c1-17-5-4-6-18(15-17)29-16-21(26)23-9-14-30(27,28)25-12-10-24(11-13-25)20-8-3-2-7-19(20)22/h2-8,15H,9-14,16H2,1H3,(H,23,26).